The lowest BCUT2D eigenvalue weighted by molar-refractivity contribution is -0.137. The second-order valence-corrected chi connectivity index (χ2v) is 7.79. The van der Waals surface area contributed by atoms with E-state index in [2.05, 4.69) is 5.32 Å². The fourth-order valence-corrected chi connectivity index (χ4v) is 4.70. The summed E-state index contributed by atoms with van der Waals surface area (Å²) in [6.07, 6.45) is -3.67. The van der Waals surface area contributed by atoms with Gasteiger partial charge in [0.15, 0.2) is 0 Å². The number of sulfonamides is 1. The Labute approximate surface area is 127 Å². The minimum atomic E-state index is -4.46. The zero-order valence-corrected chi connectivity index (χ0v) is 12.6. The molecule has 1 N–H and O–H groups in total. The Balaban J connectivity index is 1.81. The quantitative estimate of drug-likeness (QED) is 0.899. The largest absolute Gasteiger partial charge is 0.416 e. The molecule has 2 fully saturated rings. The van der Waals surface area contributed by atoms with E-state index < -0.39 is 21.8 Å². The van der Waals surface area contributed by atoms with Gasteiger partial charge in [0.05, 0.1) is 10.5 Å². The number of alkyl halides is 3. The van der Waals surface area contributed by atoms with Gasteiger partial charge in [-0.25, -0.2) is 8.42 Å². The summed E-state index contributed by atoms with van der Waals surface area (Å²) < 4.78 is 64.2. The van der Waals surface area contributed by atoms with Gasteiger partial charge in [0.2, 0.25) is 10.0 Å². The molecule has 2 heterocycles. The molecule has 122 valence electrons. The van der Waals surface area contributed by atoms with Crippen LogP contribution in [0.25, 0.3) is 0 Å². The molecule has 2 unspecified atom stereocenters. The van der Waals surface area contributed by atoms with Gasteiger partial charge in [0.1, 0.15) is 0 Å². The second kappa shape index (κ2) is 5.50. The van der Waals surface area contributed by atoms with E-state index in [0.29, 0.717) is 19.0 Å². The van der Waals surface area contributed by atoms with Gasteiger partial charge in [-0.1, -0.05) is 0 Å². The van der Waals surface area contributed by atoms with Crippen LogP contribution >= 0.6 is 0 Å². The smallest absolute Gasteiger partial charge is 0.316 e. The van der Waals surface area contributed by atoms with Gasteiger partial charge in [-0.3, -0.25) is 0 Å². The van der Waals surface area contributed by atoms with Crippen molar-refractivity contribution in [1.29, 1.82) is 0 Å². The average molecular weight is 334 g/mol. The number of hydrogen-bond acceptors (Lipinski definition) is 3. The van der Waals surface area contributed by atoms with Crippen LogP contribution in [0.15, 0.2) is 29.2 Å². The van der Waals surface area contributed by atoms with Crippen LogP contribution in [0.1, 0.15) is 12.0 Å². The molecular formula is C14H17F3N2O2S. The summed E-state index contributed by atoms with van der Waals surface area (Å²) in [7, 11) is -3.72. The first-order valence-electron chi connectivity index (χ1n) is 7.16. The summed E-state index contributed by atoms with van der Waals surface area (Å²) >= 11 is 0. The highest BCUT2D eigenvalue weighted by Crippen LogP contribution is 2.32. The van der Waals surface area contributed by atoms with Crippen molar-refractivity contribution in [2.24, 2.45) is 11.8 Å². The fraction of sp³-hybridized carbons (Fsp3) is 0.571. The number of hydrogen-bond donors (Lipinski definition) is 1. The Morgan fingerprint density at radius 2 is 1.73 bits per heavy atom. The number of halogens is 3. The molecule has 0 radical (unpaired) electrons. The Hall–Kier alpha value is -1.12. The molecule has 8 heteroatoms. The minimum Gasteiger partial charge on any atom is -0.316 e. The van der Waals surface area contributed by atoms with Gasteiger partial charge in [-0.15, -0.1) is 0 Å². The summed E-state index contributed by atoms with van der Waals surface area (Å²) in [6.45, 7) is 2.57. The number of nitrogens with zero attached hydrogens (tertiary/aromatic N) is 1. The highest BCUT2D eigenvalue weighted by Gasteiger charge is 2.38. The third-order valence-electron chi connectivity index (χ3n) is 4.49. The van der Waals surface area contributed by atoms with Crippen LogP contribution in [0.4, 0.5) is 13.2 Å². The van der Waals surface area contributed by atoms with Gasteiger partial charge in [-0.05, 0) is 55.6 Å². The second-order valence-electron chi connectivity index (χ2n) is 5.85. The van der Waals surface area contributed by atoms with Crippen molar-refractivity contribution in [3.63, 3.8) is 0 Å². The standard InChI is InChI=1S/C14H17F3N2O2S/c15-14(16,17)12-1-3-13(4-2-12)22(20,21)19-6-5-10-7-18-8-11(10)9-19/h1-4,10-11,18H,5-9H2. The van der Waals surface area contributed by atoms with Gasteiger partial charge in [0, 0.05) is 13.1 Å². The van der Waals surface area contributed by atoms with E-state index in [9.17, 15) is 21.6 Å². The van der Waals surface area contributed by atoms with E-state index in [4.69, 9.17) is 0 Å². The minimum absolute atomic E-state index is 0.0788. The molecule has 0 amide bonds. The maximum Gasteiger partial charge on any atom is 0.416 e. The monoisotopic (exact) mass is 334 g/mol. The zero-order valence-electron chi connectivity index (χ0n) is 11.8. The molecule has 4 nitrogen and oxygen atoms in total. The van der Waals surface area contributed by atoms with E-state index in [1.54, 1.807) is 0 Å². The molecule has 0 spiro atoms. The van der Waals surface area contributed by atoms with E-state index in [-0.39, 0.29) is 10.8 Å². The molecule has 0 saturated carbocycles. The van der Waals surface area contributed by atoms with Crippen molar-refractivity contribution < 1.29 is 21.6 Å². The predicted molar refractivity (Wildman–Crippen MR) is 74.7 cm³/mol. The lowest BCUT2D eigenvalue weighted by Gasteiger charge is -2.33. The Morgan fingerprint density at radius 3 is 2.36 bits per heavy atom. The first kappa shape index (κ1) is 15.8. The molecule has 1 aromatic carbocycles. The van der Waals surface area contributed by atoms with Crippen LogP contribution in [-0.4, -0.2) is 38.9 Å². The molecule has 2 saturated heterocycles. The lowest BCUT2D eigenvalue weighted by atomic mass is 9.90. The van der Waals surface area contributed by atoms with Crippen molar-refractivity contribution in [3.8, 4) is 0 Å². The fourth-order valence-electron chi connectivity index (χ4n) is 3.18. The first-order chi connectivity index (χ1) is 10.3. The maximum atomic E-state index is 12.6. The average Bonchev–Trinajstić information content (AvgIpc) is 2.94. The summed E-state index contributed by atoms with van der Waals surface area (Å²) in [5, 5.41) is 3.25. The van der Waals surface area contributed by atoms with Gasteiger partial charge in [0.25, 0.3) is 0 Å². The van der Waals surface area contributed by atoms with Crippen molar-refractivity contribution in [2.75, 3.05) is 26.2 Å². The van der Waals surface area contributed by atoms with E-state index in [0.717, 1.165) is 43.8 Å². The van der Waals surface area contributed by atoms with Crippen LogP contribution in [0, 0.1) is 11.8 Å². The van der Waals surface area contributed by atoms with E-state index in [1.165, 1.54) is 4.31 Å². The maximum absolute atomic E-state index is 12.6. The SMILES string of the molecule is O=S(=O)(c1ccc(C(F)(F)F)cc1)N1CCC2CNCC2C1. The third kappa shape index (κ3) is 2.87. The van der Waals surface area contributed by atoms with Crippen LogP contribution in [-0.2, 0) is 16.2 Å². The molecule has 22 heavy (non-hydrogen) atoms. The number of piperidine rings is 1. The van der Waals surface area contributed by atoms with E-state index in [1.807, 2.05) is 0 Å². The predicted octanol–water partition coefficient (Wildman–Crippen LogP) is 1.94. The number of benzene rings is 1. The highest BCUT2D eigenvalue weighted by atomic mass is 32.2. The molecule has 0 aliphatic carbocycles. The highest BCUT2D eigenvalue weighted by molar-refractivity contribution is 7.89. The van der Waals surface area contributed by atoms with Crippen molar-refractivity contribution >= 4 is 10.0 Å². The molecule has 2 atom stereocenters. The number of rotatable bonds is 2. The van der Waals surface area contributed by atoms with Gasteiger partial charge in [-0.2, -0.15) is 17.5 Å². The summed E-state index contributed by atoms with van der Waals surface area (Å²) in [5.41, 5.74) is -0.842. The zero-order chi connectivity index (χ0) is 16.0. The number of fused-ring (bicyclic) bond motifs is 1. The molecular weight excluding hydrogens is 317 g/mol. The Bertz CT molecular complexity index is 643. The van der Waals surface area contributed by atoms with Crippen molar-refractivity contribution in [2.45, 2.75) is 17.5 Å². The molecule has 0 aromatic heterocycles. The lowest BCUT2D eigenvalue weighted by Crippen LogP contribution is -2.43. The van der Waals surface area contributed by atoms with Crippen LogP contribution in [0.2, 0.25) is 0 Å². The number of nitrogens with one attached hydrogen (secondary N) is 1. The van der Waals surface area contributed by atoms with Gasteiger partial charge >= 0.3 is 6.18 Å². The van der Waals surface area contributed by atoms with Crippen LogP contribution in [0.3, 0.4) is 0 Å². The summed E-state index contributed by atoms with van der Waals surface area (Å²) in [6, 6.07) is 3.71. The van der Waals surface area contributed by atoms with Gasteiger partial charge < -0.3 is 5.32 Å². The Kier molecular flexibility index (Phi) is 3.94. The van der Waals surface area contributed by atoms with E-state index >= 15 is 0 Å². The van der Waals surface area contributed by atoms with Crippen LogP contribution in [0.5, 0.6) is 0 Å². The van der Waals surface area contributed by atoms with Crippen molar-refractivity contribution in [1.82, 2.24) is 9.62 Å². The molecule has 0 bridgehead atoms. The van der Waals surface area contributed by atoms with Crippen LogP contribution < -0.4 is 5.32 Å². The Morgan fingerprint density at radius 1 is 1.09 bits per heavy atom. The molecule has 3 rings (SSSR count). The molecule has 1 aromatic rings. The first-order valence-corrected chi connectivity index (χ1v) is 8.60. The van der Waals surface area contributed by atoms with Crippen molar-refractivity contribution in [3.05, 3.63) is 29.8 Å². The molecule has 2 aliphatic rings. The third-order valence-corrected chi connectivity index (χ3v) is 6.37. The normalized spacial score (nSPS) is 26.9. The summed E-state index contributed by atoms with van der Waals surface area (Å²) in [4.78, 5) is -0.0788. The summed E-state index contributed by atoms with van der Waals surface area (Å²) in [5.74, 6) is 0.789. The molecule has 2 aliphatic heterocycles. The topological polar surface area (TPSA) is 49.4 Å².